The summed E-state index contributed by atoms with van der Waals surface area (Å²) in [6, 6.07) is 6.79. The number of benzene rings is 2. The highest BCUT2D eigenvalue weighted by molar-refractivity contribution is 7.99. The molecule has 0 amide bonds. The van der Waals surface area contributed by atoms with Gasteiger partial charge in [-0.3, -0.25) is 9.78 Å². The number of methoxy groups -OCH3 is 1. The molecule has 4 rings (SSSR count). The highest BCUT2D eigenvalue weighted by Gasteiger charge is 2.41. The number of pyridine rings is 1. The van der Waals surface area contributed by atoms with E-state index in [1.807, 2.05) is 19.1 Å². The number of nitrogens with zero attached hydrogens (tertiary/aromatic N) is 2. The maximum absolute atomic E-state index is 13.9. The van der Waals surface area contributed by atoms with Crippen molar-refractivity contribution in [2.45, 2.75) is 43.6 Å². The van der Waals surface area contributed by atoms with Crippen molar-refractivity contribution >= 4 is 28.6 Å². The molecule has 0 radical (unpaired) electrons. The minimum Gasteiger partial charge on any atom is -0.497 e. The second-order valence-corrected chi connectivity index (χ2v) is 10.9. The molecule has 1 aliphatic rings. The molecule has 0 spiro atoms. The fraction of sp³-hybridized carbons (Fsp3) is 0.429. The number of rotatable bonds is 10. The molecule has 3 aromatic rings. The lowest BCUT2D eigenvalue weighted by molar-refractivity contribution is -0.153. The Morgan fingerprint density at radius 2 is 1.87 bits per heavy atom. The van der Waals surface area contributed by atoms with Crippen LogP contribution in [-0.2, 0) is 4.79 Å². The Kier molecular flexibility index (Phi) is 8.85. The Morgan fingerprint density at radius 3 is 2.50 bits per heavy atom. The van der Waals surface area contributed by atoms with Gasteiger partial charge in [-0.25, -0.2) is 13.2 Å². The van der Waals surface area contributed by atoms with Crippen LogP contribution in [0.5, 0.6) is 5.75 Å². The Bertz CT molecular complexity index is 1290. The number of carboxylic acid groups (broad SMARTS) is 1. The number of carbonyl (C=O) groups is 1. The normalized spacial score (nSPS) is 16.5. The van der Waals surface area contributed by atoms with Crippen LogP contribution >= 0.6 is 11.8 Å². The van der Waals surface area contributed by atoms with Gasteiger partial charge in [0.1, 0.15) is 23.2 Å². The summed E-state index contributed by atoms with van der Waals surface area (Å²) in [5.74, 6) is -2.66. The van der Waals surface area contributed by atoms with Crippen LogP contribution in [0.15, 0.2) is 41.4 Å². The Hall–Kier alpha value is -2.82. The van der Waals surface area contributed by atoms with Crippen LogP contribution in [0.1, 0.15) is 42.9 Å². The fourth-order valence-electron chi connectivity index (χ4n) is 5.14. The fourth-order valence-corrected chi connectivity index (χ4v) is 6.08. The first-order valence-corrected chi connectivity index (χ1v) is 13.5. The van der Waals surface area contributed by atoms with Crippen LogP contribution in [0.25, 0.3) is 10.9 Å². The Morgan fingerprint density at radius 1 is 1.18 bits per heavy atom. The number of aromatic nitrogens is 1. The first kappa shape index (κ1) is 28.2. The van der Waals surface area contributed by atoms with E-state index in [0.717, 1.165) is 33.8 Å². The van der Waals surface area contributed by atoms with Gasteiger partial charge in [-0.2, -0.15) is 0 Å². The van der Waals surface area contributed by atoms with Crippen LogP contribution in [0.3, 0.4) is 0 Å². The first-order valence-electron chi connectivity index (χ1n) is 12.5. The molecule has 1 aliphatic heterocycles. The molecule has 1 fully saturated rings. The number of aliphatic carboxylic acids is 1. The number of aryl methyl sites for hydroxylation is 1. The van der Waals surface area contributed by atoms with Gasteiger partial charge in [0.15, 0.2) is 0 Å². The van der Waals surface area contributed by atoms with Crippen molar-refractivity contribution in [2.75, 3.05) is 32.5 Å². The Labute approximate surface area is 223 Å². The zero-order valence-corrected chi connectivity index (χ0v) is 22.2. The largest absolute Gasteiger partial charge is 0.497 e. The molecule has 6 nitrogen and oxygen atoms in total. The number of ether oxygens (including phenoxy) is 1. The molecule has 0 unspecified atom stereocenters. The lowest BCUT2D eigenvalue weighted by atomic mass is 9.74. The number of aliphatic hydroxyl groups is 1. The SMILES string of the molecule is COc1ccc2ncc(C)c([C@H](O)CCC3(C(=O)O)CCN(CCSc4c(F)cc(F)cc4F)CC3)c2c1. The van der Waals surface area contributed by atoms with E-state index in [1.54, 1.807) is 19.4 Å². The number of likely N-dealkylation sites (tertiary alicyclic amines) is 1. The third-order valence-corrected chi connectivity index (χ3v) is 8.49. The average molecular weight is 549 g/mol. The van der Waals surface area contributed by atoms with Gasteiger partial charge in [0.25, 0.3) is 0 Å². The van der Waals surface area contributed by atoms with E-state index < -0.39 is 34.9 Å². The van der Waals surface area contributed by atoms with Crippen LogP contribution in [0, 0.1) is 29.8 Å². The molecule has 2 aromatic carbocycles. The van der Waals surface area contributed by atoms with Crippen molar-refractivity contribution in [2.24, 2.45) is 5.41 Å². The summed E-state index contributed by atoms with van der Waals surface area (Å²) in [5.41, 5.74) is 1.31. The maximum atomic E-state index is 13.9. The zero-order valence-electron chi connectivity index (χ0n) is 21.3. The van der Waals surface area contributed by atoms with Crippen molar-refractivity contribution < 1.29 is 32.9 Å². The van der Waals surface area contributed by atoms with Crippen LogP contribution in [0.4, 0.5) is 13.2 Å². The Balaban J connectivity index is 1.37. The lowest BCUT2D eigenvalue weighted by Crippen LogP contribution is -2.45. The number of piperidine rings is 1. The number of aliphatic hydroxyl groups excluding tert-OH is 1. The number of hydrogen-bond donors (Lipinski definition) is 2. The summed E-state index contributed by atoms with van der Waals surface area (Å²) in [6.07, 6.45) is 2.25. The standard InChI is InChI=1S/C28H31F3N2O4S/c1-17-16-32-23-4-3-19(37-2)15-20(23)25(17)24(34)5-6-28(27(35)36)7-9-33(10-8-28)11-12-38-26-21(30)13-18(29)14-22(26)31/h3-4,13-16,24,34H,5-12H2,1-2H3,(H,35,36)/t24-/m1/s1. The van der Waals surface area contributed by atoms with Crippen molar-refractivity contribution in [3.63, 3.8) is 0 Å². The monoisotopic (exact) mass is 548 g/mol. The highest BCUT2D eigenvalue weighted by Crippen LogP contribution is 2.40. The molecular weight excluding hydrogens is 517 g/mol. The summed E-state index contributed by atoms with van der Waals surface area (Å²) in [5, 5.41) is 22.1. The highest BCUT2D eigenvalue weighted by atomic mass is 32.2. The quantitative estimate of drug-likeness (QED) is 0.313. The van der Waals surface area contributed by atoms with Gasteiger partial charge in [0.05, 0.1) is 29.0 Å². The first-order chi connectivity index (χ1) is 18.1. The van der Waals surface area contributed by atoms with Gasteiger partial charge in [0, 0.05) is 36.0 Å². The average Bonchev–Trinajstić information content (AvgIpc) is 2.89. The van der Waals surface area contributed by atoms with E-state index in [9.17, 15) is 28.2 Å². The third kappa shape index (κ3) is 6.08. The molecule has 10 heteroatoms. The van der Waals surface area contributed by atoms with E-state index in [0.29, 0.717) is 62.5 Å². The molecule has 0 saturated carbocycles. The van der Waals surface area contributed by atoms with E-state index >= 15 is 0 Å². The van der Waals surface area contributed by atoms with Crippen LogP contribution < -0.4 is 4.74 Å². The third-order valence-electron chi connectivity index (χ3n) is 7.43. The molecule has 204 valence electrons. The molecule has 1 saturated heterocycles. The number of carboxylic acids is 1. The maximum Gasteiger partial charge on any atom is 0.309 e. The minimum absolute atomic E-state index is 0.214. The zero-order chi connectivity index (χ0) is 27.4. The molecule has 0 aliphatic carbocycles. The molecule has 0 bridgehead atoms. The van der Waals surface area contributed by atoms with Crippen molar-refractivity contribution in [3.8, 4) is 5.75 Å². The topological polar surface area (TPSA) is 82.9 Å². The summed E-state index contributed by atoms with van der Waals surface area (Å²) < 4.78 is 46.2. The second kappa shape index (κ2) is 11.9. The number of halogens is 3. The molecular formula is C28H31F3N2O4S. The molecule has 38 heavy (non-hydrogen) atoms. The summed E-state index contributed by atoms with van der Waals surface area (Å²) in [4.78, 5) is 18.6. The van der Waals surface area contributed by atoms with Gasteiger partial charge in [-0.1, -0.05) is 0 Å². The predicted molar refractivity (Wildman–Crippen MR) is 140 cm³/mol. The van der Waals surface area contributed by atoms with Crippen molar-refractivity contribution in [1.29, 1.82) is 0 Å². The number of hydrogen-bond acceptors (Lipinski definition) is 6. The number of fused-ring (bicyclic) bond motifs is 1. The van der Waals surface area contributed by atoms with E-state index in [1.165, 1.54) is 0 Å². The van der Waals surface area contributed by atoms with Crippen molar-refractivity contribution in [3.05, 3.63) is 65.1 Å². The summed E-state index contributed by atoms with van der Waals surface area (Å²) in [6.45, 7) is 3.43. The van der Waals surface area contributed by atoms with Crippen molar-refractivity contribution in [1.82, 2.24) is 9.88 Å². The minimum atomic E-state index is -0.964. The van der Waals surface area contributed by atoms with Gasteiger partial charge < -0.3 is 19.8 Å². The second-order valence-electron chi connectivity index (χ2n) is 9.77. The lowest BCUT2D eigenvalue weighted by Gasteiger charge is -2.39. The molecule has 1 aromatic heterocycles. The molecule has 2 N–H and O–H groups in total. The van der Waals surface area contributed by atoms with Gasteiger partial charge >= 0.3 is 5.97 Å². The van der Waals surface area contributed by atoms with Gasteiger partial charge in [0.2, 0.25) is 0 Å². The predicted octanol–water partition coefficient (Wildman–Crippen LogP) is 5.74. The van der Waals surface area contributed by atoms with E-state index in [2.05, 4.69) is 9.88 Å². The number of thioether (sulfide) groups is 1. The smallest absolute Gasteiger partial charge is 0.309 e. The molecule has 2 heterocycles. The summed E-state index contributed by atoms with van der Waals surface area (Å²) >= 11 is 0.977. The van der Waals surface area contributed by atoms with Crippen LogP contribution in [-0.4, -0.2) is 58.6 Å². The van der Waals surface area contributed by atoms with E-state index in [4.69, 9.17) is 4.74 Å². The van der Waals surface area contributed by atoms with Crippen LogP contribution in [0.2, 0.25) is 0 Å². The van der Waals surface area contributed by atoms with Gasteiger partial charge in [-0.15, -0.1) is 11.8 Å². The van der Waals surface area contributed by atoms with Gasteiger partial charge in [-0.05, 0) is 75.0 Å². The summed E-state index contributed by atoms with van der Waals surface area (Å²) in [7, 11) is 1.57. The van der Waals surface area contributed by atoms with E-state index in [-0.39, 0.29) is 11.3 Å². The molecule has 1 atom stereocenters.